The summed E-state index contributed by atoms with van der Waals surface area (Å²) < 4.78 is 6.81. The molecule has 1 unspecified atom stereocenters. The van der Waals surface area contributed by atoms with Crippen molar-refractivity contribution in [3.8, 4) is 0 Å². The lowest BCUT2D eigenvalue weighted by atomic mass is 9.67. The number of carbonyl (C=O) groups is 2. The van der Waals surface area contributed by atoms with Gasteiger partial charge in [-0.1, -0.05) is 20.8 Å². The van der Waals surface area contributed by atoms with Gasteiger partial charge in [0, 0.05) is 38.5 Å². The molecule has 3 amide bonds. The zero-order valence-corrected chi connectivity index (χ0v) is 18.4. The van der Waals surface area contributed by atoms with Gasteiger partial charge in [0.1, 0.15) is 5.69 Å². The molecule has 0 radical (unpaired) electrons. The molecule has 0 aromatic carbocycles. The quantitative estimate of drug-likeness (QED) is 0.565. The Morgan fingerprint density at radius 1 is 1.40 bits per heavy atom. The third-order valence-electron chi connectivity index (χ3n) is 7.55. The van der Waals surface area contributed by atoms with Crippen LogP contribution in [0.4, 0.5) is 10.5 Å². The van der Waals surface area contributed by atoms with Crippen LogP contribution in [0.15, 0.2) is 17.3 Å². The third-order valence-corrected chi connectivity index (χ3v) is 7.55. The number of anilines is 1. The molecule has 3 N–H and O–H groups in total. The maximum absolute atomic E-state index is 12.4. The first-order valence-electron chi connectivity index (χ1n) is 10.7. The van der Waals surface area contributed by atoms with E-state index in [0.29, 0.717) is 36.4 Å². The summed E-state index contributed by atoms with van der Waals surface area (Å²) in [6.45, 7) is 7.92. The minimum atomic E-state index is -0.439. The lowest BCUT2D eigenvalue weighted by Crippen LogP contribution is -2.33. The van der Waals surface area contributed by atoms with Gasteiger partial charge >= 0.3 is 6.03 Å². The summed E-state index contributed by atoms with van der Waals surface area (Å²) in [6.07, 6.45) is 7.05. The van der Waals surface area contributed by atoms with Crippen LogP contribution in [0.2, 0.25) is 0 Å². The molecule has 2 aliphatic carbocycles. The summed E-state index contributed by atoms with van der Waals surface area (Å²) >= 11 is 0. The molecule has 2 fully saturated rings. The van der Waals surface area contributed by atoms with Crippen LogP contribution < -0.4 is 10.6 Å². The Kier molecular flexibility index (Phi) is 6.67. The number of nitrogens with one attached hydrogen (secondary N) is 2. The zero-order valence-electron chi connectivity index (χ0n) is 18.4. The molecule has 0 saturated heterocycles. The average molecular weight is 419 g/mol. The van der Waals surface area contributed by atoms with Crippen LogP contribution >= 0.6 is 0 Å². The smallest absolute Gasteiger partial charge is 0.345 e. The SMILES string of the molecule is COCCn1cc(NC(=O)/N=C/C2C[C@H]3CC[C@]2(C)C3(C)C)cc1C(=O)NCCO. The fourth-order valence-electron chi connectivity index (χ4n) is 5.21. The van der Waals surface area contributed by atoms with Gasteiger partial charge in [0.25, 0.3) is 5.91 Å². The molecular weight excluding hydrogens is 384 g/mol. The first-order valence-corrected chi connectivity index (χ1v) is 10.7. The topological polar surface area (TPSA) is 105 Å². The molecule has 0 aliphatic heterocycles. The number of fused-ring (bicyclic) bond motifs is 2. The molecule has 8 heteroatoms. The van der Waals surface area contributed by atoms with Crippen molar-refractivity contribution in [3.63, 3.8) is 0 Å². The van der Waals surface area contributed by atoms with Crippen molar-refractivity contribution in [2.45, 2.75) is 46.6 Å². The van der Waals surface area contributed by atoms with Crippen LogP contribution in [0.5, 0.6) is 0 Å². The molecule has 2 aliphatic rings. The van der Waals surface area contributed by atoms with Gasteiger partial charge in [0.05, 0.1) is 18.9 Å². The predicted octanol–water partition coefficient (Wildman–Crippen LogP) is 2.92. The van der Waals surface area contributed by atoms with Crippen LogP contribution in [-0.2, 0) is 11.3 Å². The van der Waals surface area contributed by atoms with Crippen LogP contribution in [0.25, 0.3) is 0 Å². The number of hydrogen-bond acceptors (Lipinski definition) is 4. The van der Waals surface area contributed by atoms with Gasteiger partial charge in [0.2, 0.25) is 0 Å². The van der Waals surface area contributed by atoms with E-state index < -0.39 is 6.03 Å². The van der Waals surface area contributed by atoms with E-state index in [1.807, 2.05) is 6.21 Å². The molecule has 1 aromatic heterocycles. The molecule has 166 valence electrons. The molecular formula is C22H34N4O4. The minimum absolute atomic E-state index is 0.138. The summed E-state index contributed by atoms with van der Waals surface area (Å²) in [7, 11) is 1.59. The van der Waals surface area contributed by atoms with Gasteiger partial charge in [-0.3, -0.25) is 4.79 Å². The minimum Gasteiger partial charge on any atom is -0.395 e. The van der Waals surface area contributed by atoms with Crippen LogP contribution in [-0.4, -0.2) is 54.7 Å². The highest BCUT2D eigenvalue weighted by Gasteiger charge is 2.60. The number of rotatable bonds is 8. The number of aliphatic imine (C=N–C) groups is 1. The first-order chi connectivity index (χ1) is 14.2. The Morgan fingerprint density at radius 3 is 2.77 bits per heavy atom. The number of hydrogen-bond donors (Lipinski definition) is 3. The summed E-state index contributed by atoms with van der Waals surface area (Å²) in [4.78, 5) is 29.0. The molecule has 2 saturated carbocycles. The second-order valence-corrected chi connectivity index (χ2v) is 9.20. The summed E-state index contributed by atoms with van der Waals surface area (Å²) in [6, 6.07) is 1.17. The van der Waals surface area contributed by atoms with Crippen molar-refractivity contribution in [1.82, 2.24) is 9.88 Å². The fourth-order valence-corrected chi connectivity index (χ4v) is 5.21. The highest BCUT2D eigenvalue weighted by molar-refractivity contribution is 5.98. The highest BCUT2D eigenvalue weighted by atomic mass is 16.5. The van der Waals surface area contributed by atoms with Crippen LogP contribution in [0.1, 0.15) is 50.5 Å². The molecule has 1 aromatic rings. The Morgan fingerprint density at radius 2 is 2.17 bits per heavy atom. The van der Waals surface area contributed by atoms with E-state index in [4.69, 9.17) is 9.84 Å². The monoisotopic (exact) mass is 418 g/mol. The molecule has 3 atom stereocenters. The van der Waals surface area contributed by atoms with Gasteiger partial charge in [-0.05, 0) is 42.1 Å². The second kappa shape index (κ2) is 8.89. The van der Waals surface area contributed by atoms with Crippen molar-refractivity contribution < 1.29 is 19.4 Å². The number of methoxy groups -OCH3 is 1. The third kappa shape index (κ3) is 4.16. The summed E-state index contributed by atoms with van der Waals surface area (Å²) in [5, 5.41) is 14.3. The second-order valence-electron chi connectivity index (χ2n) is 9.20. The molecule has 30 heavy (non-hydrogen) atoms. The predicted molar refractivity (Wildman–Crippen MR) is 116 cm³/mol. The largest absolute Gasteiger partial charge is 0.395 e. The van der Waals surface area contributed by atoms with Gasteiger partial charge in [0.15, 0.2) is 0 Å². The van der Waals surface area contributed by atoms with E-state index >= 15 is 0 Å². The first kappa shape index (κ1) is 22.5. The number of carbonyl (C=O) groups excluding carboxylic acids is 2. The van der Waals surface area contributed by atoms with E-state index in [1.54, 1.807) is 23.9 Å². The highest BCUT2D eigenvalue weighted by Crippen LogP contribution is 2.67. The molecule has 2 bridgehead atoms. The van der Waals surface area contributed by atoms with Gasteiger partial charge in [-0.2, -0.15) is 0 Å². The van der Waals surface area contributed by atoms with Crippen LogP contribution in [0, 0.1) is 22.7 Å². The van der Waals surface area contributed by atoms with Crippen molar-refractivity contribution in [2.75, 3.05) is 32.2 Å². The number of nitrogens with zero attached hydrogens (tertiary/aromatic N) is 2. The number of aliphatic hydroxyl groups is 1. The van der Waals surface area contributed by atoms with E-state index in [9.17, 15) is 9.59 Å². The molecule has 8 nitrogen and oxygen atoms in total. The van der Waals surface area contributed by atoms with Crippen molar-refractivity contribution >= 4 is 23.8 Å². The lowest BCUT2D eigenvalue weighted by molar-refractivity contribution is 0.0932. The number of amides is 3. The normalized spacial score (nSPS) is 27.0. The Labute approximate surface area is 178 Å². The molecule has 0 spiro atoms. The van der Waals surface area contributed by atoms with E-state index in [1.165, 1.54) is 12.8 Å². The lowest BCUT2D eigenvalue weighted by Gasteiger charge is -2.37. The zero-order chi connectivity index (χ0) is 21.9. The van der Waals surface area contributed by atoms with Crippen LogP contribution in [0.3, 0.4) is 0 Å². The summed E-state index contributed by atoms with van der Waals surface area (Å²) in [5.41, 5.74) is 1.35. The maximum atomic E-state index is 12.4. The Balaban J connectivity index is 1.67. The Bertz CT molecular complexity index is 816. The van der Waals surface area contributed by atoms with Crippen molar-refractivity contribution in [2.24, 2.45) is 27.7 Å². The van der Waals surface area contributed by atoms with Crippen molar-refractivity contribution in [1.29, 1.82) is 0 Å². The number of aliphatic hydroxyl groups excluding tert-OH is 1. The number of ether oxygens (including phenoxy) is 1. The van der Waals surface area contributed by atoms with Gasteiger partial charge in [-0.15, -0.1) is 0 Å². The Hall–Kier alpha value is -2.19. The van der Waals surface area contributed by atoms with E-state index in [2.05, 4.69) is 36.4 Å². The van der Waals surface area contributed by atoms with Crippen molar-refractivity contribution in [3.05, 3.63) is 18.0 Å². The van der Waals surface area contributed by atoms with Gasteiger partial charge in [-0.25, -0.2) is 9.79 Å². The fraction of sp³-hybridized carbons (Fsp3) is 0.682. The standard InChI is InChI=1S/C22H34N4O4/c1-21(2)15-5-6-22(21,3)16(11-15)13-24-20(29)25-17-12-18(19(28)23-7-9-27)26(14-17)8-10-30-4/h12-16,27H,5-11H2,1-4H3,(H,23,28)(H,25,29)/b24-13+/t15-,16?,22+/m1/s1. The molecule has 1 heterocycles. The maximum Gasteiger partial charge on any atom is 0.345 e. The average Bonchev–Trinajstić information content (AvgIpc) is 3.27. The number of aromatic nitrogens is 1. The molecule has 3 rings (SSSR count). The van der Waals surface area contributed by atoms with Gasteiger partial charge < -0.3 is 25.0 Å². The summed E-state index contributed by atoms with van der Waals surface area (Å²) in [5.74, 6) is 0.682. The van der Waals surface area contributed by atoms with E-state index in [0.717, 1.165) is 6.42 Å². The number of urea groups is 1. The van der Waals surface area contributed by atoms with E-state index in [-0.39, 0.29) is 29.9 Å².